The van der Waals surface area contributed by atoms with Crippen LogP contribution in [-0.2, 0) is 0 Å². The second kappa shape index (κ2) is 7.27. The minimum atomic E-state index is -0.132. The summed E-state index contributed by atoms with van der Waals surface area (Å²) in [5.41, 5.74) is 4.20. The summed E-state index contributed by atoms with van der Waals surface area (Å²) in [5, 5.41) is 13.0. The van der Waals surface area contributed by atoms with E-state index in [2.05, 4.69) is 53.4 Å². The van der Waals surface area contributed by atoms with Crippen molar-refractivity contribution in [2.45, 2.75) is 45.0 Å². The van der Waals surface area contributed by atoms with Crippen molar-refractivity contribution in [2.75, 3.05) is 11.1 Å². The summed E-state index contributed by atoms with van der Waals surface area (Å²) in [6, 6.07) is 8.16. The fourth-order valence-electron chi connectivity index (χ4n) is 3.79. The maximum atomic E-state index is 6.40. The van der Waals surface area contributed by atoms with Crippen LogP contribution in [0.2, 0.25) is 0 Å². The average molecular weight is 369 g/mol. The fraction of sp³-hybridized carbons (Fsp3) is 0.450. The van der Waals surface area contributed by atoms with Crippen LogP contribution in [0.3, 0.4) is 0 Å². The molecule has 1 aliphatic carbocycles. The number of benzene rings is 1. The molecule has 0 fully saturated rings. The molecule has 136 valence electrons. The van der Waals surface area contributed by atoms with E-state index in [0.29, 0.717) is 28.6 Å². The molecule has 1 aromatic carbocycles. The van der Waals surface area contributed by atoms with Gasteiger partial charge in [-0.2, -0.15) is 4.98 Å². The molecule has 2 aromatic rings. The minimum Gasteiger partial charge on any atom is -0.452 e. The predicted octanol–water partition coefficient (Wildman–Crippen LogP) is 4.77. The van der Waals surface area contributed by atoms with Crippen LogP contribution in [-0.4, -0.2) is 27.2 Å². The Labute approximate surface area is 158 Å². The van der Waals surface area contributed by atoms with Gasteiger partial charge in [-0.05, 0) is 37.5 Å². The van der Waals surface area contributed by atoms with Gasteiger partial charge >= 0.3 is 0 Å². The summed E-state index contributed by atoms with van der Waals surface area (Å²) in [5.74, 6) is 2.42. The predicted molar refractivity (Wildman–Crippen MR) is 105 cm³/mol. The van der Waals surface area contributed by atoms with Gasteiger partial charge in [-0.3, -0.25) is 0 Å². The van der Waals surface area contributed by atoms with Crippen molar-refractivity contribution in [3.63, 3.8) is 0 Å². The molecule has 6 heteroatoms. The van der Waals surface area contributed by atoms with Crippen molar-refractivity contribution in [2.24, 2.45) is 11.8 Å². The van der Waals surface area contributed by atoms with E-state index in [1.54, 1.807) is 11.8 Å². The summed E-state index contributed by atoms with van der Waals surface area (Å²) in [7, 11) is 0. The third-order valence-corrected chi connectivity index (χ3v) is 5.85. The molecule has 3 atom stereocenters. The van der Waals surface area contributed by atoms with Gasteiger partial charge < -0.3 is 10.1 Å². The fourth-order valence-corrected chi connectivity index (χ4v) is 4.29. The summed E-state index contributed by atoms with van der Waals surface area (Å²) >= 11 is 1.58. The number of nitrogens with one attached hydrogen (secondary N) is 1. The van der Waals surface area contributed by atoms with Gasteiger partial charge in [0.05, 0.1) is 0 Å². The molecule has 0 saturated heterocycles. The number of nitrogens with zero attached hydrogens (tertiary/aromatic N) is 3. The Morgan fingerprint density at radius 1 is 1.27 bits per heavy atom. The maximum absolute atomic E-state index is 6.40. The van der Waals surface area contributed by atoms with Crippen molar-refractivity contribution in [1.82, 2.24) is 15.2 Å². The van der Waals surface area contributed by atoms with E-state index in [9.17, 15) is 0 Å². The summed E-state index contributed by atoms with van der Waals surface area (Å²) < 4.78 is 6.40. The second-order valence-electron chi connectivity index (χ2n) is 7.04. The van der Waals surface area contributed by atoms with Crippen molar-refractivity contribution in [3.05, 3.63) is 35.9 Å². The van der Waals surface area contributed by atoms with Crippen LogP contribution in [0, 0.1) is 11.8 Å². The number of thioether (sulfide) groups is 1. The number of ether oxygens (including phenoxy) is 1. The molecule has 2 aliphatic rings. The standard InChI is InChI=1S/C20H24N4OS/c1-4-26-20-22-19-17(23-24-20)15-7-5-6-8-16(15)21-18(25-19)14-10-9-12(2)11-13(14)3/h5-9,13-14,18,21H,4,10-11H2,1-3H3/t13-,14-,18+/m0/s1. The molecule has 0 bridgehead atoms. The lowest BCUT2D eigenvalue weighted by molar-refractivity contribution is 0.114. The van der Waals surface area contributed by atoms with Gasteiger partial charge in [-0.1, -0.05) is 55.5 Å². The van der Waals surface area contributed by atoms with Crippen LogP contribution < -0.4 is 10.1 Å². The van der Waals surface area contributed by atoms with E-state index in [-0.39, 0.29) is 6.23 Å². The van der Waals surface area contributed by atoms with Crippen LogP contribution in [0.15, 0.2) is 41.1 Å². The van der Waals surface area contributed by atoms with Crippen molar-refractivity contribution < 1.29 is 4.74 Å². The Hall–Kier alpha value is -2.08. The Morgan fingerprint density at radius 3 is 2.92 bits per heavy atom. The molecule has 5 nitrogen and oxygen atoms in total. The lowest BCUT2D eigenvalue weighted by Crippen LogP contribution is -2.39. The number of rotatable bonds is 3. The van der Waals surface area contributed by atoms with E-state index >= 15 is 0 Å². The zero-order valence-corrected chi connectivity index (χ0v) is 16.2. The van der Waals surface area contributed by atoms with Gasteiger partial charge in [-0.25, -0.2) is 0 Å². The van der Waals surface area contributed by atoms with Crippen LogP contribution in [0.1, 0.15) is 33.6 Å². The first-order chi connectivity index (χ1) is 12.7. The molecule has 0 saturated carbocycles. The first kappa shape index (κ1) is 17.3. The average Bonchev–Trinajstić information content (AvgIpc) is 2.78. The van der Waals surface area contributed by atoms with Gasteiger partial charge in [0.25, 0.3) is 0 Å². The van der Waals surface area contributed by atoms with Crippen LogP contribution in [0.5, 0.6) is 5.88 Å². The third kappa shape index (κ3) is 3.30. The van der Waals surface area contributed by atoms with E-state index in [1.165, 1.54) is 5.57 Å². The molecule has 4 rings (SSSR count). The molecule has 0 amide bonds. The molecule has 2 heterocycles. The van der Waals surface area contributed by atoms with Crippen molar-refractivity contribution in [3.8, 4) is 17.1 Å². The van der Waals surface area contributed by atoms with Gasteiger partial charge in [0.2, 0.25) is 11.0 Å². The van der Waals surface area contributed by atoms with Crippen molar-refractivity contribution in [1.29, 1.82) is 0 Å². The third-order valence-electron chi connectivity index (χ3n) is 5.13. The number of hydrogen-bond donors (Lipinski definition) is 1. The smallest absolute Gasteiger partial charge is 0.247 e. The SMILES string of the molecule is CCSc1nnc2c(n1)O[C@H]([C@H]1CC=C(C)C[C@@H]1C)Nc1ccccc1-2. The highest BCUT2D eigenvalue weighted by Crippen LogP contribution is 2.40. The topological polar surface area (TPSA) is 59.9 Å². The lowest BCUT2D eigenvalue weighted by Gasteiger charge is -2.34. The Morgan fingerprint density at radius 2 is 2.12 bits per heavy atom. The quantitative estimate of drug-likeness (QED) is 0.622. The summed E-state index contributed by atoms with van der Waals surface area (Å²) in [6.45, 7) is 6.60. The number of para-hydroxylation sites is 1. The molecule has 0 unspecified atom stereocenters. The zero-order valence-electron chi connectivity index (χ0n) is 15.4. The number of fused-ring (bicyclic) bond motifs is 3. The number of aromatic nitrogens is 3. The van der Waals surface area contributed by atoms with E-state index in [1.807, 2.05) is 18.2 Å². The number of anilines is 1. The molecule has 0 radical (unpaired) electrons. The minimum absolute atomic E-state index is 0.132. The first-order valence-corrected chi connectivity index (χ1v) is 10.2. The Balaban J connectivity index is 1.75. The van der Waals surface area contributed by atoms with E-state index < -0.39 is 0 Å². The Bertz CT molecular complexity index is 838. The van der Waals surface area contributed by atoms with Gasteiger partial charge in [0, 0.05) is 17.2 Å². The first-order valence-electron chi connectivity index (χ1n) is 9.21. The van der Waals surface area contributed by atoms with Gasteiger partial charge in [0.15, 0.2) is 11.9 Å². The van der Waals surface area contributed by atoms with Gasteiger partial charge in [-0.15, -0.1) is 10.2 Å². The zero-order chi connectivity index (χ0) is 18.1. The number of allylic oxidation sites excluding steroid dienone is 2. The monoisotopic (exact) mass is 368 g/mol. The highest BCUT2D eigenvalue weighted by Gasteiger charge is 2.34. The molecule has 1 N–H and O–H groups in total. The molecule has 0 spiro atoms. The van der Waals surface area contributed by atoms with Crippen LogP contribution in [0.25, 0.3) is 11.3 Å². The summed E-state index contributed by atoms with van der Waals surface area (Å²) in [4.78, 5) is 4.66. The molecular formula is C20H24N4OS. The highest BCUT2D eigenvalue weighted by molar-refractivity contribution is 7.99. The molecule has 1 aromatic heterocycles. The normalized spacial score (nSPS) is 24.4. The van der Waals surface area contributed by atoms with Gasteiger partial charge in [0.1, 0.15) is 0 Å². The highest BCUT2D eigenvalue weighted by atomic mass is 32.2. The lowest BCUT2D eigenvalue weighted by atomic mass is 9.80. The van der Waals surface area contributed by atoms with E-state index in [4.69, 9.17) is 4.74 Å². The van der Waals surface area contributed by atoms with E-state index in [0.717, 1.165) is 29.8 Å². The Kier molecular flexibility index (Phi) is 4.85. The molecule has 26 heavy (non-hydrogen) atoms. The second-order valence-corrected chi connectivity index (χ2v) is 8.27. The van der Waals surface area contributed by atoms with Crippen LogP contribution in [0.4, 0.5) is 5.69 Å². The molecule has 1 aliphatic heterocycles. The molecular weight excluding hydrogens is 344 g/mol. The summed E-state index contributed by atoms with van der Waals surface area (Å²) in [6.07, 6.45) is 4.33. The van der Waals surface area contributed by atoms with Crippen molar-refractivity contribution >= 4 is 17.4 Å². The maximum Gasteiger partial charge on any atom is 0.247 e. The van der Waals surface area contributed by atoms with Crippen LogP contribution >= 0.6 is 11.8 Å². The largest absolute Gasteiger partial charge is 0.452 e. The number of hydrogen-bond acceptors (Lipinski definition) is 6.